The average Bonchev–Trinajstić information content (AvgIpc) is 2.57. The second-order valence-electron chi connectivity index (χ2n) is 5.78. The number of halogens is 2. The number of benzene rings is 2. The standard InChI is InChI=1S/C19H20F2N2O2/c1-13-3-5-15(6-4-13)12-22-19(25)9-10-23(14(2)24)16-7-8-17(20)18(21)11-16/h3-8,11H,9-10,12H2,1-2H3,(H,22,25). The molecule has 2 aromatic carbocycles. The number of rotatable bonds is 6. The number of hydrogen-bond acceptors (Lipinski definition) is 2. The zero-order valence-corrected chi connectivity index (χ0v) is 14.2. The summed E-state index contributed by atoms with van der Waals surface area (Å²) < 4.78 is 26.4. The molecular weight excluding hydrogens is 326 g/mol. The van der Waals surface area contributed by atoms with Gasteiger partial charge in [0.25, 0.3) is 0 Å². The number of hydrogen-bond donors (Lipinski definition) is 1. The van der Waals surface area contributed by atoms with Crippen LogP contribution >= 0.6 is 0 Å². The van der Waals surface area contributed by atoms with Crippen molar-refractivity contribution in [3.8, 4) is 0 Å². The van der Waals surface area contributed by atoms with Crippen molar-refractivity contribution < 1.29 is 18.4 Å². The molecule has 0 saturated heterocycles. The number of anilines is 1. The van der Waals surface area contributed by atoms with Crippen LogP contribution < -0.4 is 10.2 Å². The monoisotopic (exact) mass is 346 g/mol. The molecule has 4 nitrogen and oxygen atoms in total. The predicted octanol–water partition coefficient (Wildman–Crippen LogP) is 3.33. The summed E-state index contributed by atoms with van der Waals surface area (Å²) in [4.78, 5) is 25.0. The molecule has 0 atom stereocenters. The maximum Gasteiger partial charge on any atom is 0.223 e. The fourth-order valence-electron chi connectivity index (χ4n) is 2.33. The molecule has 1 N–H and O–H groups in total. The van der Waals surface area contributed by atoms with Gasteiger partial charge in [0.05, 0.1) is 0 Å². The quantitative estimate of drug-likeness (QED) is 0.872. The van der Waals surface area contributed by atoms with E-state index in [-0.39, 0.29) is 30.5 Å². The lowest BCUT2D eigenvalue weighted by molar-refractivity contribution is -0.121. The fraction of sp³-hybridized carbons (Fsp3) is 0.263. The lowest BCUT2D eigenvalue weighted by Gasteiger charge is -2.21. The first-order chi connectivity index (χ1) is 11.9. The number of carbonyl (C=O) groups is 2. The van der Waals surface area contributed by atoms with Gasteiger partial charge < -0.3 is 10.2 Å². The van der Waals surface area contributed by atoms with Gasteiger partial charge >= 0.3 is 0 Å². The molecule has 0 bridgehead atoms. The molecule has 0 heterocycles. The molecule has 6 heteroatoms. The molecule has 2 amide bonds. The van der Waals surface area contributed by atoms with E-state index in [2.05, 4.69) is 5.32 Å². The molecule has 132 valence electrons. The molecule has 0 aromatic heterocycles. The molecule has 25 heavy (non-hydrogen) atoms. The highest BCUT2D eigenvalue weighted by molar-refractivity contribution is 5.92. The molecular formula is C19H20F2N2O2. The van der Waals surface area contributed by atoms with Crippen molar-refractivity contribution >= 4 is 17.5 Å². The van der Waals surface area contributed by atoms with Crippen molar-refractivity contribution in [1.29, 1.82) is 0 Å². The van der Waals surface area contributed by atoms with Crippen LogP contribution in [-0.4, -0.2) is 18.4 Å². The predicted molar refractivity (Wildman–Crippen MR) is 92.0 cm³/mol. The average molecular weight is 346 g/mol. The number of amides is 2. The van der Waals surface area contributed by atoms with Crippen molar-refractivity contribution in [3.63, 3.8) is 0 Å². The topological polar surface area (TPSA) is 49.4 Å². The molecule has 0 aliphatic carbocycles. The summed E-state index contributed by atoms with van der Waals surface area (Å²) in [6.07, 6.45) is 0.0600. The van der Waals surface area contributed by atoms with Crippen LogP contribution in [0.2, 0.25) is 0 Å². The third kappa shape index (κ3) is 5.38. The van der Waals surface area contributed by atoms with E-state index >= 15 is 0 Å². The molecule has 0 spiro atoms. The maximum absolute atomic E-state index is 13.3. The van der Waals surface area contributed by atoms with E-state index in [0.717, 1.165) is 23.3 Å². The lowest BCUT2D eigenvalue weighted by Crippen LogP contribution is -2.33. The molecule has 0 aliphatic heterocycles. The van der Waals surface area contributed by atoms with Gasteiger partial charge in [-0.2, -0.15) is 0 Å². The van der Waals surface area contributed by atoms with Gasteiger partial charge in [0.15, 0.2) is 11.6 Å². The van der Waals surface area contributed by atoms with Crippen LogP contribution in [0.1, 0.15) is 24.5 Å². The van der Waals surface area contributed by atoms with E-state index in [9.17, 15) is 18.4 Å². The number of aryl methyl sites for hydroxylation is 1. The molecule has 0 radical (unpaired) electrons. The molecule has 0 unspecified atom stereocenters. The zero-order valence-electron chi connectivity index (χ0n) is 14.2. The van der Waals surface area contributed by atoms with Crippen LogP contribution in [-0.2, 0) is 16.1 Å². The van der Waals surface area contributed by atoms with Gasteiger partial charge in [0.2, 0.25) is 11.8 Å². The Labute approximate surface area is 145 Å². The Morgan fingerprint density at radius 2 is 1.72 bits per heavy atom. The Bertz CT molecular complexity index is 761. The molecule has 0 fully saturated rings. The Kier molecular flexibility index (Phi) is 6.22. The summed E-state index contributed by atoms with van der Waals surface area (Å²) in [6, 6.07) is 11.0. The smallest absolute Gasteiger partial charge is 0.223 e. The van der Waals surface area contributed by atoms with Gasteiger partial charge in [-0.05, 0) is 24.6 Å². The Morgan fingerprint density at radius 1 is 1.04 bits per heavy atom. The maximum atomic E-state index is 13.3. The number of carbonyl (C=O) groups excluding carboxylic acids is 2. The minimum atomic E-state index is -1.03. The van der Waals surface area contributed by atoms with Crippen LogP contribution in [0, 0.1) is 18.6 Å². The van der Waals surface area contributed by atoms with E-state index < -0.39 is 11.6 Å². The number of nitrogens with one attached hydrogen (secondary N) is 1. The van der Waals surface area contributed by atoms with E-state index in [1.54, 1.807) is 0 Å². The molecule has 2 rings (SSSR count). The zero-order chi connectivity index (χ0) is 18.4. The Balaban J connectivity index is 1.91. The normalized spacial score (nSPS) is 10.4. The first-order valence-electron chi connectivity index (χ1n) is 7.92. The van der Waals surface area contributed by atoms with Crippen LogP contribution in [0.4, 0.5) is 14.5 Å². The van der Waals surface area contributed by atoms with E-state index in [0.29, 0.717) is 6.54 Å². The Hall–Kier alpha value is -2.76. The first-order valence-corrected chi connectivity index (χ1v) is 7.92. The highest BCUT2D eigenvalue weighted by Crippen LogP contribution is 2.18. The lowest BCUT2D eigenvalue weighted by atomic mass is 10.1. The molecule has 0 aliphatic rings. The minimum absolute atomic E-state index is 0.0600. The third-order valence-electron chi connectivity index (χ3n) is 3.77. The van der Waals surface area contributed by atoms with Gasteiger partial charge in [-0.15, -0.1) is 0 Å². The Morgan fingerprint density at radius 3 is 2.32 bits per heavy atom. The highest BCUT2D eigenvalue weighted by Gasteiger charge is 2.15. The van der Waals surface area contributed by atoms with Crippen molar-refractivity contribution in [3.05, 3.63) is 65.2 Å². The molecule has 0 saturated carbocycles. The minimum Gasteiger partial charge on any atom is -0.352 e. The summed E-state index contributed by atoms with van der Waals surface area (Å²) in [5, 5.41) is 2.77. The first kappa shape index (κ1) is 18.6. The summed E-state index contributed by atoms with van der Waals surface area (Å²) in [7, 11) is 0. The highest BCUT2D eigenvalue weighted by atomic mass is 19.2. The number of nitrogens with zero attached hydrogens (tertiary/aromatic N) is 1. The second kappa shape index (κ2) is 8.37. The van der Waals surface area contributed by atoms with Crippen molar-refractivity contribution in [2.45, 2.75) is 26.8 Å². The van der Waals surface area contributed by atoms with E-state index in [4.69, 9.17) is 0 Å². The van der Waals surface area contributed by atoms with Gasteiger partial charge in [0, 0.05) is 38.2 Å². The van der Waals surface area contributed by atoms with Crippen molar-refractivity contribution in [1.82, 2.24) is 5.32 Å². The molecule has 2 aromatic rings. The van der Waals surface area contributed by atoms with Crippen LogP contribution in [0.15, 0.2) is 42.5 Å². The van der Waals surface area contributed by atoms with Gasteiger partial charge in [-0.1, -0.05) is 29.8 Å². The van der Waals surface area contributed by atoms with Crippen molar-refractivity contribution in [2.24, 2.45) is 0 Å². The van der Waals surface area contributed by atoms with Crippen LogP contribution in [0.3, 0.4) is 0 Å². The van der Waals surface area contributed by atoms with Gasteiger partial charge in [0.1, 0.15) is 0 Å². The summed E-state index contributed by atoms with van der Waals surface area (Å²) >= 11 is 0. The van der Waals surface area contributed by atoms with Gasteiger partial charge in [-0.25, -0.2) is 8.78 Å². The van der Waals surface area contributed by atoms with E-state index in [1.807, 2.05) is 31.2 Å². The second-order valence-corrected chi connectivity index (χ2v) is 5.78. The summed E-state index contributed by atoms with van der Waals surface area (Å²) in [6.45, 7) is 3.77. The summed E-state index contributed by atoms with van der Waals surface area (Å²) in [5.74, 6) is -2.59. The largest absolute Gasteiger partial charge is 0.352 e. The van der Waals surface area contributed by atoms with E-state index in [1.165, 1.54) is 17.9 Å². The third-order valence-corrected chi connectivity index (χ3v) is 3.77. The van der Waals surface area contributed by atoms with Crippen LogP contribution in [0.5, 0.6) is 0 Å². The van der Waals surface area contributed by atoms with Crippen LogP contribution in [0.25, 0.3) is 0 Å². The van der Waals surface area contributed by atoms with Gasteiger partial charge in [-0.3, -0.25) is 9.59 Å². The summed E-state index contributed by atoms with van der Waals surface area (Å²) in [5.41, 5.74) is 2.33. The SMILES string of the molecule is CC(=O)N(CCC(=O)NCc1ccc(C)cc1)c1ccc(F)c(F)c1. The fourth-order valence-corrected chi connectivity index (χ4v) is 2.33. The van der Waals surface area contributed by atoms with Crippen molar-refractivity contribution in [2.75, 3.05) is 11.4 Å².